The van der Waals surface area contributed by atoms with Crippen LogP contribution in [0.15, 0.2) is 247 Å². The highest BCUT2D eigenvalue weighted by molar-refractivity contribution is 6.12. The van der Waals surface area contributed by atoms with Gasteiger partial charge in [0.25, 0.3) is 0 Å². The number of benzene rings is 10. The maximum absolute atomic E-state index is 6.84. The zero-order valence-corrected chi connectivity index (χ0v) is 34.4. The first-order chi connectivity index (χ1) is 31.3. The molecule has 0 atom stereocenters. The van der Waals surface area contributed by atoms with Crippen LogP contribution in [-0.4, -0.2) is 4.57 Å². The molecule has 2 aromatic heterocycles. The lowest BCUT2D eigenvalue weighted by Gasteiger charge is -2.30. The molecule has 0 bridgehead atoms. The highest BCUT2D eigenvalue weighted by Crippen LogP contribution is 2.50. The largest absolute Gasteiger partial charge is 0.454 e. The molecule has 2 heterocycles. The summed E-state index contributed by atoms with van der Waals surface area (Å²) >= 11 is 0. The molecule has 0 saturated heterocycles. The van der Waals surface area contributed by atoms with Gasteiger partial charge in [-0.2, -0.15) is 0 Å². The number of rotatable bonds is 8. The molecule has 0 aliphatic carbocycles. The highest BCUT2D eigenvalue weighted by Gasteiger charge is 2.26. The molecule has 0 radical (unpaired) electrons. The number of hydrogen-bond acceptors (Lipinski definition) is 2. The van der Waals surface area contributed by atoms with Gasteiger partial charge in [-0.1, -0.05) is 194 Å². The minimum Gasteiger partial charge on any atom is -0.454 e. The summed E-state index contributed by atoms with van der Waals surface area (Å²) in [5, 5.41) is 4.67. The first kappa shape index (κ1) is 36.5. The van der Waals surface area contributed by atoms with Crippen LogP contribution in [0.1, 0.15) is 0 Å². The molecule has 0 fully saturated rings. The molecule has 0 N–H and O–H groups in total. The van der Waals surface area contributed by atoms with Crippen LogP contribution in [0.25, 0.3) is 93.9 Å². The molecule has 296 valence electrons. The summed E-state index contributed by atoms with van der Waals surface area (Å²) in [6.07, 6.45) is 0. The fourth-order valence-electron chi connectivity index (χ4n) is 9.64. The second-order valence-electron chi connectivity index (χ2n) is 16.0. The normalized spacial score (nSPS) is 11.5. The van der Waals surface area contributed by atoms with Crippen LogP contribution < -0.4 is 4.90 Å². The van der Waals surface area contributed by atoms with Gasteiger partial charge in [0.2, 0.25) is 0 Å². The standard InChI is InChI=1S/C60H40N2O/c1-3-19-41(20-4-1)45-23-7-8-28-51(45)59-47(42-21-5-2-6-22-42)29-17-34-56(59)61(57-35-18-30-52-50-27-12-16-36-58(50)63-60(52)57)44-39-37-43(38-40-44)46-24-9-13-31-53(46)62-54-32-14-10-25-48(54)49-26-11-15-33-55(49)62/h1-40H. The molecule has 10 aromatic carbocycles. The van der Waals surface area contributed by atoms with E-state index in [1.165, 1.54) is 32.9 Å². The lowest BCUT2D eigenvalue weighted by Crippen LogP contribution is -2.12. The quantitative estimate of drug-likeness (QED) is 0.153. The van der Waals surface area contributed by atoms with Crippen LogP contribution in [0.2, 0.25) is 0 Å². The van der Waals surface area contributed by atoms with E-state index in [-0.39, 0.29) is 0 Å². The van der Waals surface area contributed by atoms with Crippen molar-refractivity contribution in [3.05, 3.63) is 243 Å². The topological polar surface area (TPSA) is 21.3 Å². The van der Waals surface area contributed by atoms with E-state index < -0.39 is 0 Å². The summed E-state index contributed by atoms with van der Waals surface area (Å²) in [7, 11) is 0. The lowest BCUT2D eigenvalue weighted by atomic mass is 9.87. The molecule has 3 nitrogen and oxygen atoms in total. The number of fused-ring (bicyclic) bond motifs is 6. The van der Waals surface area contributed by atoms with Gasteiger partial charge < -0.3 is 13.9 Å². The molecule has 0 spiro atoms. The summed E-state index contributed by atoms with van der Waals surface area (Å²) in [5.74, 6) is 0. The van der Waals surface area contributed by atoms with Gasteiger partial charge in [-0.05, 0) is 81.9 Å². The van der Waals surface area contributed by atoms with Gasteiger partial charge in [0.1, 0.15) is 5.58 Å². The monoisotopic (exact) mass is 804 g/mol. The molecule has 0 saturated carbocycles. The van der Waals surface area contributed by atoms with Gasteiger partial charge in [-0.3, -0.25) is 0 Å². The van der Waals surface area contributed by atoms with Crippen LogP contribution in [-0.2, 0) is 0 Å². The average molecular weight is 805 g/mol. The van der Waals surface area contributed by atoms with Gasteiger partial charge in [-0.15, -0.1) is 0 Å². The van der Waals surface area contributed by atoms with Gasteiger partial charge in [0.15, 0.2) is 5.58 Å². The Kier molecular flexibility index (Phi) is 8.83. The van der Waals surface area contributed by atoms with Crippen molar-refractivity contribution < 1.29 is 4.42 Å². The van der Waals surface area contributed by atoms with Crippen molar-refractivity contribution >= 4 is 60.8 Å². The second-order valence-corrected chi connectivity index (χ2v) is 16.0. The Morgan fingerprint density at radius 3 is 1.52 bits per heavy atom. The molecule has 0 aliphatic rings. The van der Waals surface area contributed by atoms with Crippen LogP contribution >= 0.6 is 0 Å². The van der Waals surface area contributed by atoms with E-state index in [9.17, 15) is 0 Å². The third kappa shape index (κ3) is 6.13. The number of nitrogens with zero attached hydrogens (tertiary/aromatic N) is 2. The van der Waals surface area contributed by atoms with Crippen LogP contribution in [0.3, 0.4) is 0 Å². The van der Waals surface area contributed by atoms with Crippen molar-refractivity contribution in [2.75, 3.05) is 4.90 Å². The van der Waals surface area contributed by atoms with E-state index in [1.807, 2.05) is 6.07 Å². The lowest BCUT2D eigenvalue weighted by molar-refractivity contribution is 0.669. The fraction of sp³-hybridized carbons (Fsp3) is 0. The summed E-state index contributed by atoms with van der Waals surface area (Å²) < 4.78 is 9.25. The first-order valence-electron chi connectivity index (χ1n) is 21.5. The zero-order chi connectivity index (χ0) is 41.7. The Bertz CT molecular complexity index is 3570. The van der Waals surface area contributed by atoms with Crippen molar-refractivity contribution in [1.29, 1.82) is 0 Å². The molecular weight excluding hydrogens is 765 g/mol. The van der Waals surface area contributed by atoms with Gasteiger partial charge in [-0.25, -0.2) is 0 Å². The maximum atomic E-state index is 6.84. The fourth-order valence-corrected chi connectivity index (χ4v) is 9.64. The maximum Gasteiger partial charge on any atom is 0.159 e. The number of hydrogen-bond donors (Lipinski definition) is 0. The first-order valence-corrected chi connectivity index (χ1v) is 21.5. The summed E-state index contributed by atoms with van der Waals surface area (Å²) in [6, 6.07) is 87.1. The number of furan rings is 1. The molecule has 0 aliphatic heterocycles. The number of aromatic nitrogens is 1. The predicted molar refractivity (Wildman–Crippen MR) is 264 cm³/mol. The van der Waals surface area contributed by atoms with Crippen LogP contribution in [0.5, 0.6) is 0 Å². The summed E-state index contributed by atoms with van der Waals surface area (Å²) in [6.45, 7) is 0. The van der Waals surface area contributed by atoms with Crippen molar-refractivity contribution in [3.8, 4) is 50.2 Å². The zero-order valence-electron chi connectivity index (χ0n) is 34.4. The molecular formula is C60H40N2O. The minimum atomic E-state index is 0.840. The Hall–Kier alpha value is -8.40. The molecule has 12 aromatic rings. The van der Waals surface area contributed by atoms with E-state index in [0.29, 0.717) is 0 Å². The predicted octanol–water partition coefficient (Wildman–Crippen LogP) is 16.8. The Labute approximate surface area is 366 Å². The minimum absolute atomic E-state index is 0.840. The van der Waals surface area contributed by atoms with Crippen molar-refractivity contribution in [2.24, 2.45) is 0 Å². The van der Waals surface area contributed by atoms with Crippen LogP contribution in [0.4, 0.5) is 17.1 Å². The van der Waals surface area contributed by atoms with E-state index in [0.717, 1.165) is 78.1 Å². The van der Waals surface area contributed by atoms with Gasteiger partial charge >= 0.3 is 0 Å². The van der Waals surface area contributed by atoms with E-state index in [1.54, 1.807) is 0 Å². The molecule has 0 amide bonds. The van der Waals surface area contributed by atoms with Gasteiger partial charge in [0.05, 0.1) is 28.1 Å². The smallest absolute Gasteiger partial charge is 0.159 e. The SMILES string of the molecule is c1ccc(-c2ccccc2-c2c(-c3ccccc3)cccc2N(c2ccc(-c3ccccc3-n3c4ccccc4c4ccccc43)cc2)c2cccc3c2oc2ccccc23)cc1. The summed E-state index contributed by atoms with van der Waals surface area (Å²) in [5.41, 5.74) is 17.5. The Balaban J connectivity index is 1.10. The summed E-state index contributed by atoms with van der Waals surface area (Å²) in [4.78, 5) is 2.40. The van der Waals surface area contributed by atoms with E-state index >= 15 is 0 Å². The molecule has 3 heteroatoms. The van der Waals surface area contributed by atoms with E-state index in [4.69, 9.17) is 4.42 Å². The molecule has 12 rings (SSSR count). The Morgan fingerprint density at radius 1 is 0.317 bits per heavy atom. The van der Waals surface area contributed by atoms with Gasteiger partial charge in [0, 0.05) is 38.4 Å². The van der Waals surface area contributed by atoms with Crippen molar-refractivity contribution in [3.63, 3.8) is 0 Å². The Morgan fingerprint density at radius 2 is 0.810 bits per heavy atom. The second kappa shape index (κ2) is 15.3. The third-order valence-electron chi connectivity index (χ3n) is 12.4. The van der Waals surface area contributed by atoms with Crippen molar-refractivity contribution in [2.45, 2.75) is 0 Å². The molecule has 63 heavy (non-hydrogen) atoms. The van der Waals surface area contributed by atoms with Crippen molar-refractivity contribution in [1.82, 2.24) is 4.57 Å². The average Bonchev–Trinajstić information content (AvgIpc) is 3.91. The van der Waals surface area contributed by atoms with Crippen LogP contribution in [0, 0.1) is 0 Å². The molecule has 0 unspecified atom stereocenters. The van der Waals surface area contributed by atoms with E-state index in [2.05, 4.69) is 246 Å². The number of anilines is 3. The number of para-hydroxylation sites is 5. The third-order valence-corrected chi connectivity index (χ3v) is 12.4. The highest BCUT2D eigenvalue weighted by atomic mass is 16.3.